The number of carbonyl (C=O) groups excluding carboxylic acids is 1. The molecule has 2 aromatic carbocycles. The lowest BCUT2D eigenvalue weighted by atomic mass is 9.96. The van der Waals surface area contributed by atoms with Crippen LogP contribution in [-0.2, 0) is 9.53 Å². The number of furan rings is 1. The zero-order chi connectivity index (χ0) is 22.5. The van der Waals surface area contributed by atoms with Gasteiger partial charge < -0.3 is 19.2 Å². The van der Waals surface area contributed by atoms with Crippen LogP contribution in [-0.4, -0.2) is 32.3 Å². The third kappa shape index (κ3) is 5.20. The van der Waals surface area contributed by atoms with Gasteiger partial charge >= 0.3 is 0 Å². The van der Waals surface area contributed by atoms with Crippen molar-refractivity contribution < 1.29 is 18.7 Å². The minimum atomic E-state index is -0.164. The highest BCUT2D eigenvalue weighted by atomic mass is 79.9. The van der Waals surface area contributed by atoms with Crippen molar-refractivity contribution in [1.82, 2.24) is 5.32 Å². The molecule has 1 aromatic heterocycles. The zero-order valence-corrected chi connectivity index (χ0v) is 20.1. The van der Waals surface area contributed by atoms with Gasteiger partial charge in [-0.25, -0.2) is 0 Å². The van der Waals surface area contributed by atoms with Crippen molar-refractivity contribution in [2.24, 2.45) is 0 Å². The molecule has 0 fully saturated rings. The van der Waals surface area contributed by atoms with Crippen molar-refractivity contribution in [2.45, 2.75) is 33.7 Å². The molecule has 0 bridgehead atoms. The molecular formula is C25H28BrNO4. The van der Waals surface area contributed by atoms with Gasteiger partial charge in [0.2, 0.25) is 5.91 Å². The molecule has 0 aliphatic rings. The molecule has 3 rings (SSSR count). The van der Waals surface area contributed by atoms with Crippen LogP contribution in [0, 0.1) is 6.92 Å². The van der Waals surface area contributed by atoms with Crippen LogP contribution in [0.2, 0.25) is 0 Å². The topological polar surface area (TPSA) is 60.7 Å². The van der Waals surface area contributed by atoms with Gasteiger partial charge in [-0.05, 0) is 57.0 Å². The second kappa shape index (κ2) is 10.2. The van der Waals surface area contributed by atoms with Gasteiger partial charge in [0.15, 0.2) is 0 Å². The summed E-state index contributed by atoms with van der Waals surface area (Å²) in [5.41, 5.74) is 5.46. The van der Waals surface area contributed by atoms with Gasteiger partial charge in [0.25, 0.3) is 0 Å². The number of allylic oxidation sites excluding steroid dienone is 1. The number of rotatable bonds is 8. The lowest BCUT2D eigenvalue weighted by Crippen LogP contribution is -2.34. The molecule has 164 valence electrons. The molecule has 1 heterocycles. The van der Waals surface area contributed by atoms with E-state index in [0.717, 1.165) is 49.0 Å². The fourth-order valence-corrected chi connectivity index (χ4v) is 3.91. The van der Waals surface area contributed by atoms with Crippen LogP contribution < -0.4 is 10.1 Å². The van der Waals surface area contributed by atoms with Crippen molar-refractivity contribution in [3.05, 3.63) is 58.3 Å². The van der Waals surface area contributed by atoms with Crippen LogP contribution >= 0.6 is 15.9 Å². The summed E-state index contributed by atoms with van der Waals surface area (Å²) in [7, 11) is 1.62. The van der Waals surface area contributed by atoms with E-state index in [4.69, 9.17) is 13.9 Å². The number of hydrogen-bond donors (Lipinski definition) is 1. The summed E-state index contributed by atoms with van der Waals surface area (Å²) in [6, 6.07) is 10.1. The monoisotopic (exact) mass is 485 g/mol. The highest BCUT2D eigenvalue weighted by Gasteiger charge is 2.19. The number of aryl methyl sites for hydroxylation is 1. The van der Waals surface area contributed by atoms with Gasteiger partial charge in [-0.1, -0.05) is 28.1 Å². The molecule has 6 heteroatoms. The third-order valence-corrected chi connectivity index (χ3v) is 5.59. The van der Waals surface area contributed by atoms with E-state index in [1.54, 1.807) is 19.4 Å². The smallest absolute Gasteiger partial charge is 0.244 e. The average Bonchev–Trinajstić information content (AvgIpc) is 3.14. The Kier molecular flexibility index (Phi) is 7.57. The maximum atomic E-state index is 12.5. The van der Waals surface area contributed by atoms with Crippen molar-refractivity contribution in [3.8, 4) is 16.9 Å². The third-order valence-electron chi connectivity index (χ3n) is 5.07. The molecular weight excluding hydrogens is 458 g/mol. The normalized spacial score (nSPS) is 12.8. The Morgan fingerprint density at radius 2 is 2.00 bits per heavy atom. The van der Waals surface area contributed by atoms with Crippen LogP contribution in [0.25, 0.3) is 27.7 Å². The summed E-state index contributed by atoms with van der Waals surface area (Å²) in [5.74, 6) is 0.570. The minimum Gasteiger partial charge on any atom is -0.493 e. The predicted octanol–water partition coefficient (Wildman–Crippen LogP) is 6.12. The predicted molar refractivity (Wildman–Crippen MR) is 128 cm³/mol. The summed E-state index contributed by atoms with van der Waals surface area (Å²) in [4.78, 5) is 12.5. The van der Waals surface area contributed by atoms with Gasteiger partial charge in [0, 0.05) is 45.8 Å². The van der Waals surface area contributed by atoms with Gasteiger partial charge in [0.1, 0.15) is 11.3 Å². The summed E-state index contributed by atoms with van der Waals surface area (Å²) >= 11 is 3.48. The first-order chi connectivity index (χ1) is 14.8. The van der Waals surface area contributed by atoms with E-state index in [1.165, 1.54) is 0 Å². The Morgan fingerprint density at radius 1 is 1.29 bits per heavy atom. The van der Waals surface area contributed by atoms with Gasteiger partial charge in [-0.15, -0.1) is 0 Å². The Bertz CT molecular complexity index is 1100. The highest BCUT2D eigenvalue weighted by molar-refractivity contribution is 9.10. The summed E-state index contributed by atoms with van der Waals surface area (Å²) in [6.45, 7) is 8.73. The first-order valence-electron chi connectivity index (χ1n) is 10.3. The number of ether oxygens (including phenoxy) is 2. The standard InChI is InChI=1S/C25H28BrNO4/c1-6-30-24-17(4)25-21(22(14-31-25)18-7-9-19(26)10-8-18)12-20(24)15(2)11-23(28)27-16(3)13-29-5/h7-12,14,16H,6,13H2,1-5H3,(H,27,28)/b15-11+. The number of benzene rings is 2. The van der Waals surface area contributed by atoms with Crippen molar-refractivity contribution >= 4 is 38.4 Å². The fraction of sp³-hybridized carbons (Fsp3) is 0.320. The largest absolute Gasteiger partial charge is 0.493 e. The molecule has 1 N–H and O–H groups in total. The summed E-state index contributed by atoms with van der Waals surface area (Å²) in [6.07, 6.45) is 3.38. The molecule has 5 nitrogen and oxygen atoms in total. The maximum absolute atomic E-state index is 12.5. The molecule has 31 heavy (non-hydrogen) atoms. The molecule has 0 saturated heterocycles. The van der Waals surface area contributed by atoms with E-state index < -0.39 is 0 Å². The minimum absolute atomic E-state index is 0.0741. The fourth-order valence-electron chi connectivity index (χ4n) is 3.64. The van der Waals surface area contributed by atoms with E-state index in [2.05, 4.69) is 21.2 Å². The maximum Gasteiger partial charge on any atom is 0.244 e. The lowest BCUT2D eigenvalue weighted by Gasteiger charge is -2.15. The van der Waals surface area contributed by atoms with E-state index in [-0.39, 0.29) is 11.9 Å². The van der Waals surface area contributed by atoms with Crippen LogP contribution in [0.5, 0.6) is 5.75 Å². The second-order valence-electron chi connectivity index (χ2n) is 7.54. The van der Waals surface area contributed by atoms with Crippen molar-refractivity contribution in [1.29, 1.82) is 0 Å². The summed E-state index contributed by atoms with van der Waals surface area (Å²) in [5, 5.41) is 3.90. The number of methoxy groups -OCH3 is 1. The Hall–Kier alpha value is -2.57. The average molecular weight is 486 g/mol. The second-order valence-corrected chi connectivity index (χ2v) is 8.45. The molecule has 1 amide bonds. The number of carbonyl (C=O) groups is 1. The summed E-state index contributed by atoms with van der Waals surface area (Å²) < 4.78 is 18.0. The molecule has 0 aliphatic carbocycles. The van der Waals surface area contributed by atoms with E-state index in [0.29, 0.717) is 13.2 Å². The Balaban J connectivity index is 2.09. The van der Waals surface area contributed by atoms with E-state index in [9.17, 15) is 4.79 Å². The van der Waals surface area contributed by atoms with Crippen molar-refractivity contribution in [2.75, 3.05) is 20.3 Å². The van der Waals surface area contributed by atoms with Crippen LogP contribution in [0.15, 0.2) is 51.6 Å². The lowest BCUT2D eigenvalue weighted by molar-refractivity contribution is -0.117. The van der Waals surface area contributed by atoms with E-state index in [1.807, 2.05) is 58.0 Å². The van der Waals surface area contributed by atoms with Crippen LogP contribution in [0.4, 0.5) is 0 Å². The number of fused-ring (bicyclic) bond motifs is 1. The zero-order valence-electron chi connectivity index (χ0n) is 18.5. The first-order valence-corrected chi connectivity index (χ1v) is 11.1. The quantitative estimate of drug-likeness (QED) is 0.390. The molecule has 1 unspecified atom stereocenters. The van der Waals surface area contributed by atoms with Crippen LogP contribution in [0.1, 0.15) is 31.9 Å². The Labute approximate surface area is 191 Å². The molecule has 0 saturated carbocycles. The number of nitrogens with one attached hydrogen (secondary N) is 1. The van der Waals surface area contributed by atoms with Gasteiger partial charge in [-0.3, -0.25) is 4.79 Å². The molecule has 0 spiro atoms. The Morgan fingerprint density at radius 3 is 2.65 bits per heavy atom. The van der Waals surface area contributed by atoms with Gasteiger partial charge in [-0.2, -0.15) is 0 Å². The number of hydrogen-bond acceptors (Lipinski definition) is 4. The van der Waals surface area contributed by atoms with Gasteiger partial charge in [0.05, 0.1) is 19.5 Å². The SMILES string of the molecule is CCOc1c(/C(C)=C/C(=O)NC(C)COC)cc2c(-c3ccc(Br)cc3)coc2c1C. The molecule has 0 radical (unpaired) electrons. The first kappa shape index (κ1) is 23.1. The molecule has 1 atom stereocenters. The van der Waals surface area contributed by atoms with Crippen LogP contribution in [0.3, 0.4) is 0 Å². The molecule has 0 aliphatic heterocycles. The molecule has 3 aromatic rings. The number of halogens is 1. The highest BCUT2D eigenvalue weighted by Crippen LogP contribution is 2.40. The van der Waals surface area contributed by atoms with E-state index >= 15 is 0 Å². The van der Waals surface area contributed by atoms with Crippen molar-refractivity contribution in [3.63, 3.8) is 0 Å². The number of amides is 1.